The second-order valence-corrected chi connectivity index (χ2v) is 8.98. The number of aliphatic hydroxyl groups is 1. The summed E-state index contributed by atoms with van der Waals surface area (Å²) in [6, 6.07) is 0. The lowest BCUT2D eigenvalue weighted by atomic mass is 9.40. The van der Waals surface area contributed by atoms with Crippen molar-refractivity contribution in [3.05, 3.63) is 23.2 Å². The van der Waals surface area contributed by atoms with Gasteiger partial charge in [0.1, 0.15) is 6.10 Å². The molecule has 27 heavy (non-hydrogen) atoms. The second-order valence-electron chi connectivity index (χ2n) is 8.98. The number of Topliss-reactive ketones (excluding diaryl/α,β-unsaturated/α-hetero) is 2. The highest BCUT2D eigenvalue weighted by Crippen LogP contribution is 2.66. The van der Waals surface area contributed by atoms with Crippen molar-refractivity contribution in [2.24, 2.45) is 34.5 Å². The van der Waals surface area contributed by atoms with Crippen LogP contribution in [0.25, 0.3) is 0 Å². The molecule has 1 aliphatic heterocycles. The van der Waals surface area contributed by atoms with Crippen LogP contribution in [0.3, 0.4) is 0 Å². The van der Waals surface area contributed by atoms with E-state index in [4.69, 9.17) is 9.47 Å². The molecule has 0 aromatic heterocycles. The number of carbonyl (C=O) groups excluding carboxylic acids is 3. The molecule has 0 aromatic carbocycles. The zero-order valence-electron chi connectivity index (χ0n) is 16.4. The van der Waals surface area contributed by atoms with Gasteiger partial charge >= 0.3 is 5.97 Å². The fourth-order valence-electron chi connectivity index (χ4n) is 6.67. The van der Waals surface area contributed by atoms with Crippen molar-refractivity contribution < 1.29 is 29.0 Å². The maximum Gasteiger partial charge on any atom is 0.306 e. The molecule has 4 aliphatic rings. The summed E-state index contributed by atoms with van der Waals surface area (Å²) < 4.78 is 11.2. The van der Waals surface area contributed by atoms with Crippen LogP contribution in [0.1, 0.15) is 40.5 Å². The van der Waals surface area contributed by atoms with Gasteiger partial charge in [0.25, 0.3) is 0 Å². The minimum absolute atomic E-state index is 0.109. The summed E-state index contributed by atoms with van der Waals surface area (Å²) in [4.78, 5) is 39.1. The fourth-order valence-corrected chi connectivity index (χ4v) is 6.67. The normalized spacial score (nSPS) is 46.3. The molecular weight excluding hydrogens is 348 g/mol. The molecule has 6 heteroatoms. The molecule has 3 aliphatic carbocycles. The number of esters is 1. The third-order valence-electron chi connectivity index (χ3n) is 7.90. The third kappa shape index (κ3) is 1.99. The van der Waals surface area contributed by atoms with E-state index in [-0.39, 0.29) is 47.4 Å². The zero-order chi connectivity index (χ0) is 19.9. The van der Waals surface area contributed by atoms with Gasteiger partial charge in [-0.05, 0) is 36.8 Å². The van der Waals surface area contributed by atoms with Crippen LogP contribution in [0.5, 0.6) is 0 Å². The van der Waals surface area contributed by atoms with Crippen molar-refractivity contribution in [1.29, 1.82) is 0 Å². The molecule has 146 valence electrons. The van der Waals surface area contributed by atoms with Gasteiger partial charge in [-0.25, -0.2) is 0 Å². The summed E-state index contributed by atoms with van der Waals surface area (Å²) in [7, 11) is 1.45. The predicted molar refractivity (Wildman–Crippen MR) is 95.4 cm³/mol. The van der Waals surface area contributed by atoms with Crippen molar-refractivity contribution in [3.63, 3.8) is 0 Å². The van der Waals surface area contributed by atoms with E-state index < -0.39 is 28.6 Å². The Morgan fingerprint density at radius 2 is 1.93 bits per heavy atom. The van der Waals surface area contributed by atoms with Gasteiger partial charge in [0, 0.05) is 22.7 Å². The number of aliphatic hydroxyl groups excluding tert-OH is 1. The number of allylic oxidation sites excluding steroid dienone is 4. The minimum atomic E-state index is -1.06. The van der Waals surface area contributed by atoms with Crippen molar-refractivity contribution in [3.8, 4) is 0 Å². The summed E-state index contributed by atoms with van der Waals surface area (Å²) in [6.07, 6.45) is 1.80. The predicted octanol–water partition coefficient (Wildman–Crippen LogP) is 2.73. The standard InChI is InChI=1S/C21H26O6/c1-9-6-13(22)19(25)21(4)11(9)7-14-20(3)12(8-15(23)27-14)10(2)17(26-5)16(24)18(20)21/h6,9,11-12,14,18,22H,7-8H2,1-5H3/t9-,11-,12-,14-,18-,20-,21-/m1/s1. The monoisotopic (exact) mass is 374 g/mol. The molecule has 0 amide bonds. The number of ether oxygens (including phenoxy) is 2. The fraction of sp³-hybridized carbons (Fsp3) is 0.667. The highest BCUT2D eigenvalue weighted by atomic mass is 16.5. The number of methoxy groups -OCH3 is 1. The second kappa shape index (κ2) is 5.46. The van der Waals surface area contributed by atoms with Gasteiger partial charge in [-0.3, -0.25) is 14.4 Å². The first kappa shape index (κ1) is 18.3. The van der Waals surface area contributed by atoms with E-state index in [0.717, 1.165) is 5.57 Å². The average Bonchev–Trinajstić information content (AvgIpc) is 2.58. The number of hydrogen-bond acceptors (Lipinski definition) is 6. The number of hydrogen-bond donors (Lipinski definition) is 1. The van der Waals surface area contributed by atoms with E-state index in [9.17, 15) is 19.5 Å². The lowest BCUT2D eigenvalue weighted by molar-refractivity contribution is -0.217. The van der Waals surface area contributed by atoms with Gasteiger partial charge in [-0.1, -0.05) is 20.8 Å². The minimum Gasteiger partial charge on any atom is -0.505 e. The number of fused-ring (bicyclic) bond motifs is 2. The van der Waals surface area contributed by atoms with E-state index >= 15 is 0 Å². The molecule has 6 nitrogen and oxygen atoms in total. The van der Waals surface area contributed by atoms with Crippen LogP contribution >= 0.6 is 0 Å². The molecule has 0 spiro atoms. The van der Waals surface area contributed by atoms with Crippen LogP contribution in [-0.4, -0.2) is 35.9 Å². The van der Waals surface area contributed by atoms with Crippen LogP contribution in [-0.2, 0) is 23.9 Å². The Morgan fingerprint density at radius 3 is 2.56 bits per heavy atom. The molecule has 2 fully saturated rings. The van der Waals surface area contributed by atoms with Crippen molar-refractivity contribution in [1.82, 2.24) is 0 Å². The third-order valence-corrected chi connectivity index (χ3v) is 7.90. The molecule has 7 atom stereocenters. The lowest BCUT2D eigenvalue weighted by Gasteiger charge is -2.64. The maximum absolute atomic E-state index is 13.6. The Balaban J connectivity index is 2.00. The quantitative estimate of drug-likeness (QED) is 0.710. The Labute approximate surface area is 158 Å². The Hall–Kier alpha value is -2.11. The largest absolute Gasteiger partial charge is 0.505 e. The van der Waals surface area contributed by atoms with E-state index in [1.165, 1.54) is 7.11 Å². The first-order valence-electron chi connectivity index (χ1n) is 9.52. The molecule has 1 heterocycles. The Bertz CT molecular complexity index is 823. The van der Waals surface area contributed by atoms with Gasteiger partial charge < -0.3 is 14.6 Å². The molecule has 1 N–H and O–H groups in total. The van der Waals surface area contributed by atoms with Crippen molar-refractivity contribution in [2.75, 3.05) is 7.11 Å². The molecule has 4 rings (SSSR count). The summed E-state index contributed by atoms with van der Waals surface area (Å²) in [5.74, 6) is -2.17. The molecule has 1 saturated heterocycles. The SMILES string of the molecule is COC1=C(C)[C@H]2CC(=O)O[C@@H]3C[C@@H]4[C@H](C)C=C(O)C(=O)[C@@]4(C)[C@H](C1=O)[C@]23C. The van der Waals surface area contributed by atoms with Crippen molar-refractivity contribution >= 4 is 17.5 Å². The summed E-state index contributed by atoms with van der Waals surface area (Å²) in [5.41, 5.74) is -1.01. The number of carbonyl (C=O) groups is 3. The van der Waals surface area contributed by atoms with Gasteiger partial charge in [0.15, 0.2) is 11.5 Å². The van der Waals surface area contributed by atoms with Gasteiger partial charge in [-0.15, -0.1) is 0 Å². The molecule has 0 radical (unpaired) electrons. The average molecular weight is 374 g/mol. The van der Waals surface area contributed by atoms with Gasteiger partial charge in [-0.2, -0.15) is 0 Å². The topological polar surface area (TPSA) is 89.9 Å². The molecule has 0 bridgehead atoms. The lowest BCUT2D eigenvalue weighted by Crippen LogP contribution is -2.69. The first-order valence-corrected chi connectivity index (χ1v) is 9.52. The highest BCUT2D eigenvalue weighted by Gasteiger charge is 2.71. The molecular formula is C21H26O6. The Kier molecular flexibility index (Phi) is 3.69. The Morgan fingerprint density at radius 1 is 1.26 bits per heavy atom. The van der Waals surface area contributed by atoms with E-state index in [2.05, 4.69) is 0 Å². The summed E-state index contributed by atoms with van der Waals surface area (Å²) >= 11 is 0. The van der Waals surface area contributed by atoms with E-state index in [1.807, 2.05) is 20.8 Å². The summed E-state index contributed by atoms with van der Waals surface area (Å²) in [5, 5.41) is 10.3. The smallest absolute Gasteiger partial charge is 0.306 e. The number of rotatable bonds is 1. The number of ketones is 2. The molecule has 0 aromatic rings. The van der Waals surface area contributed by atoms with Crippen LogP contribution in [0.15, 0.2) is 23.2 Å². The van der Waals surface area contributed by atoms with Gasteiger partial charge in [0.05, 0.1) is 13.5 Å². The van der Waals surface area contributed by atoms with Gasteiger partial charge in [0.2, 0.25) is 11.6 Å². The van der Waals surface area contributed by atoms with Crippen LogP contribution < -0.4 is 0 Å². The maximum atomic E-state index is 13.6. The molecule has 0 unspecified atom stereocenters. The van der Waals surface area contributed by atoms with E-state index in [1.54, 1.807) is 13.0 Å². The van der Waals surface area contributed by atoms with Crippen LogP contribution in [0.4, 0.5) is 0 Å². The summed E-state index contributed by atoms with van der Waals surface area (Å²) in [6.45, 7) is 7.52. The van der Waals surface area contributed by atoms with Crippen LogP contribution in [0, 0.1) is 34.5 Å². The van der Waals surface area contributed by atoms with E-state index in [0.29, 0.717) is 6.42 Å². The van der Waals surface area contributed by atoms with Crippen molar-refractivity contribution in [2.45, 2.75) is 46.6 Å². The zero-order valence-corrected chi connectivity index (χ0v) is 16.4. The first-order chi connectivity index (χ1) is 12.6. The van der Waals surface area contributed by atoms with Crippen LogP contribution in [0.2, 0.25) is 0 Å². The highest BCUT2D eigenvalue weighted by molar-refractivity contribution is 6.07. The molecule has 1 saturated carbocycles.